The van der Waals surface area contributed by atoms with E-state index in [0.29, 0.717) is 23.8 Å². The zero-order valence-electron chi connectivity index (χ0n) is 39.4. The van der Waals surface area contributed by atoms with Crippen LogP contribution in [0.15, 0.2) is 146 Å². The topological polar surface area (TPSA) is 69.7 Å². The Balaban J connectivity index is 0.000000547. The van der Waals surface area contributed by atoms with Crippen molar-refractivity contribution < 1.29 is 40.8 Å². The lowest BCUT2D eigenvalue weighted by atomic mass is 9.87. The number of carbonyl (C=O) groups excluding carboxylic acids is 3. The van der Waals surface area contributed by atoms with Crippen molar-refractivity contribution >= 4 is 93.9 Å². The number of rotatable bonds is 20. The molecule has 358 valence electrons. The zero-order chi connectivity index (χ0) is 48.0. The lowest BCUT2D eigenvalue weighted by Crippen LogP contribution is -3.00. The number of hydrogen-bond acceptors (Lipinski definition) is 5. The van der Waals surface area contributed by atoms with Crippen molar-refractivity contribution in [3.05, 3.63) is 167 Å². The molecule has 0 aliphatic carbocycles. The Bertz CT molecular complexity index is 2020. The van der Waals surface area contributed by atoms with Crippen LogP contribution >= 0.6 is 53.7 Å². The average molecular weight is 1060 g/mol. The van der Waals surface area contributed by atoms with Crippen LogP contribution < -0.4 is 32.9 Å². The van der Waals surface area contributed by atoms with Gasteiger partial charge in [0.05, 0.1) is 40.6 Å². The van der Waals surface area contributed by atoms with Crippen molar-refractivity contribution in [2.24, 2.45) is 10.8 Å². The van der Waals surface area contributed by atoms with E-state index in [9.17, 15) is 14.4 Å². The molecule has 0 radical (unpaired) electrons. The van der Waals surface area contributed by atoms with Crippen LogP contribution in [0.25, 0.3) is 6.08 Å². The van der Waals surface area contributed by atoms with Crippen molar-refractivity contribution in [1.82, 2.24) is 0 Å². The van der Waals surface area contributed by atoms with Crippen LogP contribution in [0.3, 0.4) is 0 Å². The number of alkyl halides is 2. The Morgan fingerprint density at radius 1 is 0.545 bits per heavy atom. The molecule has 0 saturated heterocycles. The molecule has 0 fully saturated rings. The van der Waals surface area contributed by atoms with Gasteiger partial charge in [0, 0.05) is 10.6 Å². The molecule has 0 saturated carbocycles. The van der Waals surface area contributed by atoms with Crippen molar-refractivity contribution in [2.75, 3.05) is 24.7 Å². The quantitative estimate of drug-likeness (QED) is 0.0255. The minimum Gasteiger partial charge on any atom is -1.00 e. The Morgan fingerprint density at radius 2 is 0.909 bits per heavy atom. The second kappa shape index (κ2) is 33.9. The molecule has 5 rings (SSSR count). The van der Waals surface area contributed by atoms with E-state index in [1.54, 1.807) is 24.3 Å². The van der Waals surface area contributed by atoms with Gasteiger partial charge in [-0.2, -0.15) is 0 Å². The third kappa shape index (κ3) is 21.2. The Kier molecular flexibility index (Phi) is 31.1. The minimum atomic E-state index is -1.76. The summed E-state index contributed by atoms with van der Waals surface area (Å²) in [5.74, 6) is -0.184. The summed E-state index contributed by atoms with van der Waals surface area (Å²) in [7, 11) is -1.76. The summed E-state index contributed by atoms with van der Waals surface area (Å²) in [6, 6.07) is 47.8. The van der Waals surface area contributed by atoms with Gasteiger partial charge in [0.15, 0.2) is 6.29 Å². The molecular weight excluding hydrogens is 993 g/mol. The molecule has 0 atom stereocenters. The fraction of sp³-hybridized carbons (Fsp3) is 0.364. The Morgan fingerprint density at radius 3 is 1.27 bits per heavy atom. The molecule has 5 aromatic rings. The first kappa shape index (κ1) is 60.5. The standard InChI is InChI=1S/C29H36O2P.C18H25ClO2.C7H5ClO.CH2Cl2.BrH/c1-4-31-28(30)29(2,3)23-15-8-16-24-32(25-17-9-5-10-18-25,26-19-11-6-12-20-26)27-21-13-7-14-22-27;1-4-21-17(20)18(2,3)14-10-6-5-7-11-15-12-8-9-13-16(15)19;8-7-4-2-1-3-6(7)5-9;2-1-3;/h5-7,9-14,17-22H,4,8,15-16,23-24H2,1-3H3;7-9,11-13H,4-6,10,14H2,1-3H3;1-5H;1H2;1H/q+1;;;;/p-1/b;11-7+;;;. The Labute approximate surface area is 427 Å². The average Bonchev–Trinajstić information content (AvgIpc) is 3.31. The van der Waals surface area contributed by atoms with Gasteiger partial charge in [0.2, 0.25) is 0 Å². The van der Waals surface area contributed by atoms with Crippen LogP contribution in [-0.2, 0) is 19.1 Å². The van der Waals surface area contributed by atoms with Gasteiger partial charge in [-0.15, -0.1) is 23.2 Å². The molecule has 11 heteroatoms. The predicted molar refractivity (Wildman–Crippen MR) is 282 cm³/mol. The summed E-state index contributed by atoms with van der Waals surface area (Å²) in [6.45, 7) is 12.5. The fourth-order valence-electron chi connectivity index (χ4n) is 7.05. The van der Waals surface area contributed by atoms with Gasteiger partial charge in [-0.1, -0.05) is 139 Å². The van der Waals surface area contributed by atoms with E-state index in [1.165, 1.54) is 15.9 Å². The first-order valence-electron chi connectivity index (χ1n) is 22.4. The van der Waals surface area contributed by atoms with E-state index >= 15 is 0 Å². The van der Waals surface area contributed by atoms with Gasteiger partial charge in [-0.3, -0.25) is 14.4 Å². The third-order valence-electron chi connectivity index (χ3n) is 10.7. The van der Waals surface area contributed by atoms with E-state index in [0.717, 1.165) is 74.4 Å². The van der Waals surface area contributed by atoms with E-state index in [2.05, 4.69) is 103 Å². The molecule has 0 spiro atoms. The number of hydrogen-bond donors (Lipinski definition) is 0. The first-order chi connectivity index (χ1) is 31.2. The number of benzene rings is 5. The number of allylic oxidation sites excluding steroid dienone is 1. The number of aldehydes is 1. The highest BCUT2D eigenvalue weighted by Gasteiger charge is 2.44. The number of esters is 2. The summed E-state index contributed by atoms with van der Waals surface area (Å²) in [6.07, 6.45) is 14.1. The van der Waals surface area contributed by atoms with Crippen molar-refractivity contribution in [3.63, 3.8) is 0 Å². The van der Waals surface area contributed by atoms with Crippen LogP contribution in [0, 0.1) is 10.8 Å². The summed E-state index contributed by atoms with van der Waals surface area (Å²) >= 11 is 21.2. The fourth-order valence-corrected chi connectivity index (χ4v) is 11.8. The number of unbranched alkanes of at least 4 members (excludes halogenated alkanes) is 4. The highest BCUT2D eigenvalue weighted by molar-refractivity contribution is 7.95. The second-order valence-electron chi connectivity index (χ2n) is 16.5. The monoisotopic (exact) mass is 1060 g/mol. The first-order valence-corrected chi connectivity index (χ1v) is 26.2. The molecule has 0 aliphatic rings. The molecule has 0 aromatic heterocycles. The van der Waals surface area contributed by atoms with Crippen LogP contribution in [0.4, 0.5) is 0 Å². The summed E-state index contributed by atoms with van der Waals surface area (Å²) in [4.78, 5) is 34.1. The van der Waals surface area contributed by atoms with Crippen LogP contribution in [0.1, 0.15) is 109 Å². The molecule has 0 heterocycles. The molecule has 0 bridgehead atoms. The summed E-state index contributed by atoms with van der Waals surface area (Å²) in [5.41, 5.74) is 0.786. The maximum absolute atomic E-state index is 12.2. The molecular formula is C55H68BrCl4O5P. The number of carbonyl (C=O) groups is 3. The molecule has 5 aromatic carbocycles. The van der Waals surface area contributed by atoms with E-state index in [1.807, 2.05) is 65.8 Å². The SMILES string of the molecule is CCOC(=O)C(C)(C)CCCC/C=C/c1ccccc1Cl.CCOC(=O)C(C)(C)CCCCC[P+](c1ccccc1)(c1ccccc1)c1ccccc1.ClCCl.O=Cc1ccccc1Cl.[Br-]. The van der Waals surface area contributed by atoms with Crippen molar-refractivity contribution in [2.45, 2.75) is 92.9 Å². The molecule has 0 N–H and O–H groups in total. The van der Waals surface area contributed by atoms with Crippen LogP contribution in [0.2, 0.25) is 10.0 Å². The normalized spacial score (nSPS) is 11.0. The Hall–Kier alpha value is -3.48. The maximum atomic E-state index is 12.2. The van der Waals surface area contributed by atoms with Crippen LogP contribution in [0.5, 0.6) is 0 Å². The minimum absolute atomic E-state index is 0. The molecule has 0 aliphatic heterocycles. The molecule has 0 unspecified atom stereocenters. The maximum Gasteiger partial charge on any atom is 0.311 e. The number of ether oxygens (including phenoxy) is 2. The molecule has 66 heavy (non-hydrogen) atoms. The van der Waals surface area contributed by atoms with Gasteiger partial charge in [0.25, 0.3) is 0 Å². The third-order valence-corrected chi connectivity index (χ3v) is 15.9. The second-order valence-corrected chi connectivity index (χ2v) is 21.7. The van der Waals surface area contributed by atoms with Crippen LogP contribution in [-0.4, -0.2) is 42.9 Å². The summed E-state index contributed by atoms with van der Waals surface area (Å²) in [5, 5.41) is 5.78. The van der Waals surface area contributed by atoms with Gasteiger partial charge in [-0.25, -0.2) is 0 Å². The molecule has 5 nitrogen and oxygen atoms in total. The lowest BCUT2D eigenvalue weighted by molar-refractivity contribution is -0.154. The zero-order valence-corrected chi connectivity index (χ0v) is 44.9. The van der Waals surface area contributed by atoms with Gasteiger partial charge < -0.3 is 26.5 Å². The largest absolute Gasteiger partial charge is 1.00 e. The van der Waals surface area contributed by atoms with E-state index < -0.39 is 12.7 Å². The van der Waals surface area contributed by atoms with E-state index in [4.69, 9.17) is 55.9 Å². The van der Waals surface area contributed by atoms with Gasteiger partial charge >= 0.3 is 11.9 Å². The highest BCUT2D eigenvalue weighted by atomic mass is 79.9. The number of halogens is 5. The van der Waals surface area contributed by atoms with Crippen molar-refractivity contribution in [1.29, 1.82) is 0 Å². The van der Waals surface area contributed by atoms with E-state index in [-0.39, 0.29) is 39.7 Å². The summed E-state index contributed by atoms with van der Waals surface area (Å²) < 4.78 is 10.3. The van der Waals surface area contributed by atoms with Gasteiger partial charge in [0.1, 0.15) is 23.2 Å². The van der Waals surface area contributed by atoms with Crippen molar-refractivity contribution in [3.8, 4) is 0 Å². The van der Waals surface area contributed by atoms with Gasteiger partial charge in [-0.05, 0) is 134 Å². The lowest BCUT2D eigenvalue weighted by Gasteiger charge is -2.28. The molecule has 0 amide bonds. The predicted octanol–water partition coefficient (Wildman–Crippen LogP) is 12.2. The highest BCUT2D eigenvalue weighted by Crippen LogP contribution is 2.56. The smallest absolute Gasteiger partial charge is 0.311 e.